The first-order valence-corrected chi connectivity index (χ1v) is 7.67. The average molecular weight is 290 g/mol. The molecular formula is C16H22N2OS. The third-order valence-corrected chi connectivity index (χ3v) is 4.49. The number of hydrogen-bond donors (Lipinski definition) is 1. The number of hydrogen-bond acceptors (Lipinski definition) is 4. The lowest BCUT2D eigenvalue weighted by molar-refractivity contribution is 0.0730. The van der Waals surface area contributed by atoms with Crippen molar-refractivity contribution in [2.75, 3.05) is 7.11 Å². The van der Waals surface area contributed by atoms with E-state index in [-0.39, 0.29) is 12.1 Å². The number of rotatable bonds is 6. The fourth-order valence-electron chi connectivity index (χ4n) is 2.37. The topological polar surface area (TPSA) is 34.1 Å². The van der Waals surface area contributed by atoms with Crippen molar-refractivity contribution in [3.05, 3.63) is 51.5 Å². The first-order chi connectivity index (χ1) is 9.61. The molecule has 2 rings (SSSR count). The molecule has 0 aliphatic carbocycles. The van der Waals surface area contributed by atoms with E-state index in [1.54, 1.807) is 18.4 Å². The summed E-state index contributed by atoms with van der Waals surface area (Å²) in [5, 5.41) is 4.67. The summed E-state index contributed by atoms with van der Waals surface area (Å²) in [6.07, 6.45) is 0.0607. The SMILES string of the molecule is CO[C@H](c1ccccc1)[C@H](C)NCc1sc(C)nc1C. The van der Waals surface area contributed by atoms with Gasteiger partial charge >= 0.3 is 0 Å². The van der Waals surface area contributed by atoms with Gasteiger partial charge < -0.3 is 10.1 Å². The van der Waals surface area contributed by atoms with Crippen molar-refractivity contribution in [2.24, 2.45) is 0 Å². The van der Waals surface area contributed by atoms with Crippen molar-refractivity contribution in [1.29, 1.82) is 0 Å². The van der Waals surface area contributed by atoms with Crippen LogP contribution >= 0.6 is 11.3 Å². The lowest BCUT2D eigenvalue weighted by Gasteiger charge is -2.24. The largest absolute Gasteiger partial charge is 0.375 e. The molecule has 0 saturated heterocycles. The summed E-state index contributed by atoms with van der Waals surface area (Å²) in [5.41, 5.74) is 2.33. The van der Waals surface area contributed by atoms with Crippen LogP contribution in [-0.4, -0.2) is 18.1 Å². The molecule has 0 fully saturated rings. The van der Waals surface area contributed by atoms with Gasteiger partial charge in [0.2, 0.25) is 0 Å². The summed E-state index contributed by atoms with van der Waals surface area (Å²) in [7, 11) is 1.76. The van der Waals surface area contributed by atoms with Crippen LogP contribution in [0.4, 0.5) is 0 Å². The summed E-state index contributed by atoms with van der Waals surface area (Å²) < 4.78 is 5.65. The standard InChI is InChI=1S/C16H22N2OS/c1-11-15(20-13(3)18-11)10-17-12(2)16(19-4)14-8-6-5-7-9-14/h5-9,12,16-17H,10H2,1-4H3/t12-,16-/m0/s1. The summed E-state index contributed by atoms with van der Waals surface area (Å²) in [6.45, 7) is 7.11. The van der Waals surface area contributed by atoms with E-state index in [1.165, 1.54) is 10.4 Å². The van der Waals surface area contributed by atoms with Gasteiger partial charge in [-0.25, -0.2) is 4.98 Å². The third kappa shape index (κ3) is 3.66. The highest BCUT2D eigenvalue weighted by molar-refractivity contribution is 7.11. The molecule has 3 nitrogen and oxygen atoms in total. The molecule has 4 heteroatoms. The van der Waals surface area contributed by atoms with Gasteiger partial charge in [0.25, 0.3) is 0 Å². The minimum atomic E-state index is 0.0607. The van der Waals surface area contributed by atoms with E-state index in [9.17, 15) is 0 Å². The van der Waals surface area contributed by atoms with Gasteiger partial charge in [0.15, 0.2) is 0 Å². The molecule has 1 aromatic carbocycles. The Morgan fingerprint density at radius 3 is 2.50 bits per heavy atom. The maximum atomic E-state index is 5.65. The number of aromatic nitrogens is 1. The van der Waals surface area contributed by atoms with Gasteiger partial charge in [0, 0.05) is 24.6 Å². The highest BCUT2D eigenvalue weighted by Gasteiger charge is 2.18. The normalized spacial score (nSPS) is 14.2. The maximum absolute atomic E-state index is 5.65. The minimum absolute atomic E-state index is 0.0607. The third-order valence-electron chi connectivity index (χ3n) is 3.42. The van der Waals surface area contributed by atoms with Crippen molar-refractivity contribution in [1.82, 2.24) is 10.3 Å². The number of thiazole rings is 1. The second kappa shape index (κ2) is 6.97. The van der Waals surface area contributed by atoms with Crippen LogP contribution in [-0.2, 0) is 11.3 Å². The molecule has 2 aromatic rings. The number of nitrogens with zero attached hydrogens (tertiary/aromatic N) is 1. The Balaban J connectivity index is 2.00. The van der Waals surface area contributed by atoms with Crippen LogP contribution in [0, 0.1) is 13.8 Å². The van der Waals surface area contributed by atoms with Gasteiger partial charge in [-0.2, -0.15) is 0 Å². The molecule has 108 valence electrons. The summed E-state index contributed by atoms with van der Waals surface area (Å²) in [6, 6.07) is 10.6. The van der Waals surface area contributed by atoms with E-state index < -0.39 is 0 Å². The van der Waals surface area contributed by atoms with Gasteiger partial charge in [-0.3, -0.25) is 0 Å². The van der Waals surface area contributed by atoms with Gasteiger partial charge in [-0.1, -0.05) is 30.3 Å². The molecule has 0 amide bonds. The zero-order valence-electron chi connectivity index (χ0n) is 12.5. The molecule has 0 bridgehead atoms. The Morgan fingerprint density at radius 1 is 1.25 bits per heavy atom. The molecule has 20 heavy (non-hydrogen) atoms. The molecule has 1 N–H and O–H groups in total. The van der Waals surface area contributed by atoms with Gasteiger partial charge in [-0.15, -0.1) is 11.3 Å². The molecule has 1 aromatic heterocycles. The fourth-order valence-corrected chi connectivity index (χ4v) is 3.26. The molecule has 0 saturated carbocycles. The zero-order chi connectivity index (χ0) is 14.5. The smallest absolute Gasteiger partial charge is 0.0971 e. The van der Waals surface area contributed by atoms with Crippen molar-refractivity contribution < 1.29 is 4.74 Å². The van der Waals surface area contributed by atoms with Crippen LogP contribution in [0.2, 0.25) is 0 Å². The molecule has 0 spiro atoms. The zero-order valence-corrected chi connectivity index (χ0v) is 13.3. The van der Waals surface area contributed by atoms with Crippen LogP contribution in [0.1, 0.15) is 34.2 Å². The van der Waals surface area contributed by atoms with Gasteiger partial charge in [0.05, 0.1) is 16.8 Å². The molecular weight excluding hydrogens is 268 g/mol. The molecule has 0 unspecified atom stereocenters. The number of nitrogens with one attached hydrogen (secondary N) is 1. The number of aryl methyl sites for hydroxylation is 2. The minimum Gasteiger partial charge on any atom is -0.375 e. The Hall–Kier alpha value is -1.23. The summed E-state index contributed by atoms with van der Waals surface area (Å²) >= 11 is 1.76. The van der Waals surface area contributed by atoms with Crippen LogP contribution in [0.5, 0.6) is 0 Å². The molecule has 0 radical (unpaired) electrons. The van der Waals surface area contributed by atoms with E-state index in [2.05, 4.69) is 36.3 Å². The number of ether oxygens (including phenoxy) is 1. The van der Waals surface area contributed by atoms with Gasteiger partial charge in [-0.05, 0) is 26.3 Å². The quantitative estimate of drug-likeness (QED) is 0.882. The van der Waals surface area contributed by atoms with Crippen LogP contribution in [0.3, 0.4) is 0 Å². The van der Waals surface area contributed by atoms with Crippen LogP contribution < -0.4 is 5.32 Å². The summed E-state index contributed by atoms with van der Waals surface area (Å²) in [5.74, 6) is 0. The van der Waals surface area contributed by atoms with Crippen molar-refractivity contribution in [3.8, 4) is 0 Å². The molecule has 0 aliphatic rings. The molecule has 1 heterocycles. The second-order valence-corrected chi connectivity index (χ2v) is 6.27. The molecule has 2 atom stereocenters. The Labute approximate surface area is 125 Å². The van der Waals surface area contributed by atoms with E-state index in [4.69, 9.17) is 4.74 Å². The highest BCUT2D eigenvalue weighted by Crippen LogP contribution is 2.22. The molecule has 0 aliphatic heterocycles. The highest BCUT2D eigenvalue weighted by atomic mass is 32.1. The monoisotopic (exact) mass is 290 g/mol. The average Bonchev–Trinajstić information content (AvgIpc) is 2.77. The van der Waals surface area contributed by atoms with Crippen LogP contribution in [0.25, 0.3) is 0 Å². The maximum Gasteiger partial charge on any atom is 0.0971 e. The predicted molar refractivity (Wildman–Crippen MR) is 84.1 cm³/mol. The van der Waals surface area contributed by atoms with E-state index >= 15 is 0 Å². The first-order valence-electron chi connectivity index (χ1n) is 6.86. The predicted octanol–water partition coefficient (Wildman–Crippen LogP) is 3.63. The Bertz CT molecular complexity index is 539. The number of benzene rings is 1. The Kier molecular flexibility index (Phi) is 5.29. The Morgan fingerprint density at radius 2 is 1.95 bits per heavy atom. The van der Waals surface area contributed by atoms with Crippen LogP contribution in [0.15, 0.2) is 30.3 Å². The van der Waals surface area contributed by atoms with Crippen molar-refractivity contribution in [3.63, 3.8) is 0 Å². The number of methoxy groups -OCH3 is 1. The fraction of sp³-hybridized carbons (Fsp3) is 0.438. The summed E-state index contributed by atoms with van der Waals surface area (Å²) in [4.78, 5) is 5.76. The van der Waals surface area contributed by atoms with E-state index in [0.29, 0.717) is 0 Å². The lowest BCUT2D eigenvalue weighted by Crippen LogP contribution is -2.32. The van der Waals surface area contributed by atoms with E-state index in [0.717, 1.165) is 17.2 Å². The van der Waals surface area contributed by atoms with Crippen molar-refractivity contribution >= 4 is 11.3 Å². The van der Waals surface area contributed by atoms with Gasteiger partial charge in [0.1, 0.15) is 0 Å². The second-order valence-electron chi connectivity index (χ2n) is 4.98. The van der Waals surface area contributed by atoms with E-state index in [1.807, 2.05) is 25.1 Å². The van der Waals surface area contributed by atoms with Crippen molar-refractivity contribution in [2.45, 2.75) is 39.5 Å². The first kappa shape index (κ1) is 15.2. The lowest BCUT2D eigenvalue weighted by atomic mass is 10.0.